The fourth-order valence-corrected chi connectivity index (χ4v) is 1.59. The number of carbonyl (C=O) groups is 1. The van der Waals surface area contributed by atoms with E-state index >= 15 is 0 Å². The van der Waals surface area contributed by atoms with Crippen molar-refractivity contribution in [2.24, 2.45) is 0 Å². The largest absolute Gasteiger partial charge is 0.339 e. The first-order chi connectivity index (χ1) is 7.74. The molecule has 0 radical (unpaired) electrons. The minimum atomic E-state index is -0.284. The Bertz CT molecular complexity index is 502. The molecule has 3 nitrogen and oxygen atoms in total. The molecule has 1 aromatic carbocycles. The summed E-state index contributed by atoms with van der Waals surface area (Å²) in [5.74, 6) is 0.0177. The van der Waals surface area contributed by atoms with Crippen LogP contribution in [0.5, 0.6) is 0 Å². The summed E-state index contributed by atoms with van der Waals surface area (Å²) in [4.78, 5) is 17.7. The first-order valence-electron chi connectivity index (χ1n) is 5.04. The van der Waals surface area contributed by atoms with Gasteiger partial charge in [0.05, 0.1) is 5.69 Å². The van der Waals surface area contributed by atoms with Crippen molar-refractivity contribution in [3.8, 4) is 11.3 Å². The van der Waals surface area contributed by atoms with E-state index in [0.29, 0.717) is 17.8 Å². The zero-order chi connectivity index (χ0) is 11.5. The van der Waals surface area contributed by atoms with Gasteiger partial charge in [0, 0.05) is 11.3 Å². The maximum atomic E-state index is 12.8. The number of halogens is 1. The van der Waals surface area contributed by atoms with Gasteiger partial charge in [0.15, 0.2) is 12.1 Å². The number of aromatic amines is 1. The lowest BCUT2D eigenvalue weighted by molar-refractivity contribution is 0.111. The number of carbonyl (C=O) groups excluding carboxylic acids is 1. The van der Waals surface area contributed by atoms with Crippen LogP contribution in [0, 0.1) is 5.82 Å². The molecule has 1 aromatic heterocycles. The van der Waals surface area contributed by atoms with Crippen LogP contribution in [-0.4, -0.2) is 16.3 Å². The number of imidazole rings is 1. The number of aldehydes is 1. The molecule has 0 saturated heterocycles. The highest BCUT2D eigenvalue weighted by molar-refractivity contribution is 5.73. The SMILES string of the molecule is CCc1[nH]c(C=O)nc1-c1ccc(F)cc1. The van der Waals surface area contributed by atoms with E-state index in [1.165, 1.54) is 12.1 Å². The zero-order valence-corrected chi connectivity index (χ0v) is 8.83. The van der Waals surface area contributed by atoms with Crippen LogP contribution in [0.25, 0.3) is 11.3 Å². The topological polar surface area (TPSA) is 45.8 Å². The summed E-state index contributed by atoms with van der Waals surface area (Å²) in [6, 6.07) is 6.06. The molecule has 0 spiro atoms. The Hall–Kier alpha value is -1.97. The smallest absolute Gasteiger partial charge is 0.185 e. The highest BCUT2D eigenvalue weighted by atomic mass is 19.1. The summed E-state index contributed by atoms with van der Waals surface area (Å²) in [5, 5.41) is 0. The number of nitrogens with zero attached hydrogens (tertiary/aromatic N) is 1. The third kappa shape index (κ3) is 1.86. The lowest BCUT2D eigenvalue weighted by atomic mass is 10.1. The van der Waals surface area contributed by atoms with Crippen LogP contribution in [0.2, 0.25) is 0 Å². The number of hydrogen-bond donors (Lipinski definition) is 1. The average Bonchev–Trinajstić information content (AvgIpc) is 2.73. The molecule has 0 aliphatic rings. The van der Waals surface area contributed by atoms with Crippen LogP contribution in [0.3, 0.4) is 0 Å². The maximum Gasteiger partial charge on any atom is 0.185 e. The van der Waals surface area contributed by atoms with Crippen molar-refractivity contribution in [1.82, 2.24) is 9.97 Å². The Balaban J connectivity index is 2.49. The summed E-state index contributed by atoms with van der Waals surface area (Å²) in [7, 11) is 0. The van der Waals surface area contributed by atoms with E-state index in [2.05, 4.69) is 9.97 Å². The number of aromatic nitrogens is 2. The van der Waals surface area contributed by atoms with E-state index in [1.807, 2.05) is 6.92 Å². The van der Waals surface area contributed by atoms with Gasteiger partial charge in [-0.05, 0) is 30.7 Å². The van der Waals surface area contributed by atoms with Gasteiger partial charge in [-0.1, -0.05) is 6.92 Å². The van der Waals surface area contributed by atoms with Gasteiger partial charge in [0.25, 0.3) is 0 Å². The maximum absolute atomic E-state index is 12.8. The monoisotopic (exact) mass is 218 g/mol. The second-order valence-corrected chi connectivity index (χ2v) is 3.43. The molecule has 4 heteroatoms. The van der Waals surface area contributed by atoms with Crippen LogP contribution in [0.4, 0.5) is 4.39 Å². The summed E-state index contributed by atoms with van der Waals surface area (Å²) >= 11 is 0. The van der Waals surface area contributed by atoms with Crippen molar-refractivity contribution in [2.45, 2.75) is 13.3 Å². The van der Waals surface area contributed by atoms with Crippen molar-refractivity contribution in [3.05, 3.63) is 41.6 Å². The molecule has 1 N–H and O–H groups in total. The fraction of sp³-hybridized carbons (Fsp3) is 0.167. The molecule has 0 fully saturated rings. The normalized spacial score (nSPS) is 10.4. The molecule has 2 rings (SSSR count). The lowest BCUT2D eigenvalue weighted by Gasteiger charge is -1.99. The van der Waals surface area contributed by atoms with Gasteiger partial charge < -0.3 is 4.98 Å². The molecule has 0 amide bonds. The summed E-state index contributed by atoms with van der Waals surface area (Å²) in [6.45, 7) is 1.97. The predicted molar refractivity (Wildman–Crippen MR) is 58.7 cm³/mol. The second-order valence-electron chi connectivity index (χ2n) is 3.43. The highest BCUT2D eigenvalue weighted by Crippen LogP contribution is 2.21. The zero-order valence-electron chi connectivity index (χ0n) is 8.83. The molecular formula is C12H11FN2O. The van der Waals surface area contributed by atoms with E-state index in [4.69, 9.17) is 0 Å². The third-order valence-corrected chi connectivity index (χ3v) is 2.38. The van der Waals surface area contributed by atoms with Gasteiger partial charge in [-0.3, -0.25) is 4.79 Å². The Morgan fingerprint density at radius 3 is 2.62 bits per heavy atom. The molecule has 0 aliphatic carbocycles. The van der Waals surface area contributed by atoms with Crippen molar-refractivity contribution in [3.63, 3.8) is 0 Å². The van der Waals surface area contributed by atoms with E-state index in [9.17, 15) is 9.18 Å². The first kappa shape index (κ1) is 10.5. The van der Waals surface area contributed by atoms with E-state index < -0.39 is 0 Å². The van der Waals surface area contributed by atoms with Crippen LogP contribution in [0.1, 0.15) is 23.2 Å². The van der Waals surface area contributed by atoms with Gasteiger partial charge in [0.2, 0.25) is 0 Å². The van der Waals surface area contributed by atoms with Crippen LogP contribution >= 0.6 is 0 Å². The molecule has 2 aromatic rings. The van der Waals surface area contributed by atoms with Gasteiger partial charge in [-0.15, -0.1) is 0 Å². The van der Waals surface area contributed by atoms with Crippen LogP contribution < -0.4 is 0 Å². The summed E-state index contributed by atoms with van der Waals surface area (Å²) in [6.07, 6.45) is 1.42. The molecule has 0 atom stereocenters. The number of nitrogens with one attached hydrogen (secondary N) is 1. The minimum Gasteiger partial charge on any atom is -0.339 e. The molecule has 0 aliphatic heterocycles. The molecule has 16 heavy (non-hydrogen) atoms. The predicted octanol–water partition coefficient (Wildman–Crippen LogP) is 2.59. The van der Waals surface area contributed by atoms with Gasteiger partial charge >= 0.3 is 0 Å². The van der Waals surface area contributed by atoms with Crippen molar-refractivity contribution >= 4 is 6.29 Å². The van der Waals surface area contributed by atoms with Gasteiger partial charge in [0.1, 0.15) is 5.82 Å². The Morgan fingerprint density at radius 1 is 1.38 bits per heavy atom. The van der Waals surface area contributed by atoms with Crippen molar-refractivity contribution in [1.29, 1.82) is 0 Å². The molecule has 1 heterocycles. The van der Waals surface area contributed by atoms with Crippen LogP contribution in [0.15, 0.2) is 24.3 Å². The third-order valence-electron chi connectivity index (χ3n) is 2.38. The molecule has 0 saturated carbocycles. The second kappa shape index (κ2) is 4.26. The number of rotatable bonds is 3. The van der Waals surface area contributed by atoms with Gasteiger partial charge in [-0.2, -0.15) is 0 Å². The first-order valence-corrected chi connectivity index (χ1v) is 5.04. The minimum absolute atomic E-state index is 0.284. The average molecular weight is 218 g/mol. The molecule has 0 unspecified atom stereocenters. The Labute approximate surface area is 92.3 Å². The van der Waals surface area contributed by atoms with Gasteiger partial charge in [-0.25, -0.2) is 9.37 Å². The summed E-state index contributed by atoms with van der Waals surface area (Å²) < 4.78 is 12.8. The van der Waals surface area contributed by atoms with Crippen LogP contribution in [-0.2, 0) is 6.42 Å². The quantitative estimate of drug-likeness (QED) is 0.805. The lowest BCUT2D eigenvalue weighted by Crippen LogP contribution is -1.86. The Kier molecular flexibility index (Phi) is 2.81. The number of H-pyrrole nitrogens is 1. The highest BCUT2D eigenvalue weighted by Gasteiger charge is 2.10. The number of aryl methyl sites for hydroxylation is 1. The number of hydrogen-bond acceptors (Lipinski definition) is 2. The molecular weight excluding hydrogens is 207 g/mol. The fourth-order valence-electron chi connectivity index (χ4n) is 1.59. The van der Waals surface area contributed by atoms with Crippen molar-refractivity contribution in [2.75, 3.05) is 0 Å². The van der Waals surface area contributed by atoms with E-state index in [1.54, 1.807) is 12.1 Å². The Morgan fingerprint density at radius 2 is 2.06 bits per heavy atom. The standard InChI is InChI=1S/C12H11FN2O/c1-2-10-12(15-11(7-16)14-10)8-3-5-9(13)6-4-8/h3-7H,2H2,1H3,(H,14,15). The summed E-state index contributed by atoms with van der Waals surface area (Å²) in [5.41, 5.74) is 2.40. The van der Waals surface area contributed by atoms with E-state index in [0.717, 1.165) is 17.7 Å². The molecule has 0 bridgehead atoms. The molecule has 82 valence electrons. The van der Waals surface area contributed by atoms with E-state index in [-0.39, 0.29) is 5.82 Å². The van der Waals surface area contributed by atoms with Crippen molar-refractivity contribution < 1.29 is 9.18 Å². The number of benzene rings is 1.